The maximum Gasteiger partial charge on any atom is 0.270 e. The fourth-order valence-corrected chi connectivity index (χ4v) is 2.58. The molecule has 0 aliphatic heterocycles. The molecule has 7 nitrogen and oxygen atoms in total. The van der Waals surface area contributed by atoms with Gasteiger partial charge in [0.1, 0.15) is 11.6 Å². The van der Waals surface area contributed by atoms with Gasteiger partial charge < -0.3 is 15.0 Å². The van der Waals surface area contributed by atoms with Crippen LogP contribution < -0.4 is 10.1 Å². The highest BCUT2D eigenvalue weighted by Gasteiger charge is 2.20. The van der Waals surface area contributed by atoms with Gasteiger partial charge in [0.2, 0.25) is 0 Å². The monoisotopic (exact) mass is 361 g/mol. The molecule has 0 bridgehead atoms. The highest BCUT2D eigenvalue weighted by molar-refractivity contribution is 5.97. The quantitative estimate of drug-likeness (QED) is 0.605. The van der Waals surface area contributed by atoms with E-state index in [9.17, 15) is 19.3 Å². The Morgan fingerprint density at radius 2 is 2.04 bits per heavy atom. The third kappa shape index (κ3) is 4.54. The number of carbonyl (C=O) groups excluding carboxylic acids is 1. The molecular formula is C18H20FN3O4. The number of amides is 1. The van der Waals surface area contributed by atoms with Crippen LogP contribution in [-0.2, 0) is 0 Å². The number of rotatable bonds is 7. The van der Waals surface area contributed by atoms with E-state index in [1.165, 1.54) is 37.4 Å². The summed E-state index contributed by atoms with van der Waals surface area (Å²) in [4.78, 5) is 24.7. The second kappa shape index (κ2) is 8.39. The number of ether oxygens (including phenoxy) is 1. The first-order valence-electron chi connectivity index (χ1n) is 7.86. The van der Waals surface area contributed by atoms with E-state index in [0.717, 1.165) is 0 Å². The van der Waals surface area contributed by atoms with E-state index in [4.69, 9.17) is 4.74 Å². The number of carbonyl (C=O) groups is 1. The molecular weight excluding hydrogens is 341 g/mol. The van der Waals surface area contributed by atoms with Crippen LogP contribution in [0, 0.1) is 15.9 Å². The van der Waals surface area contributed by atoms with E-state index in [0.29, 0.717) is 5.56 Å². The Hall–Kier alpha value is -3.00. The first-order chi connectivity index (χ1) is 12.3. The van der Waals surface area contributed by atoms with Crippen molar-refractivity contribution in [3.05, 3.63) is 69.5 Å². The number of likely N-dealkylation sites (N-methyl/N-ethyl adjacent to an activating group) is 1. The molecule has 0 radical (unpaired) electrons. The highest BCUT2D eigenvalue weighted by Crippen LogP contribution is 2.24. The van der Waals surface area contributed by atoms with Crippen molar-refractivity contribution in [3.63, 3.8) is 0 Å². The fourth-order valence-electron chi connectivity index (χ4n) is 2.58. The number of nitrogens with one attached hydrogen (secondary N) is 1. The Labute approximate surface area is 150 Å². The number of benzene rings is 2. The first-order valence-corrected chi connectivity index (χ1v) is 7.86. The zero-order chi connectivity index (χ0) is 19.3. The summed E-state index contributed by atoms with van der Waals surface area (Å²) < 4.78 is 18.6. The standard InChI is InChI=1S/C18H20FN3O4/c1-21(2)16(12-5-4-6-13(19)9-12)11-20-18(23)15-10-14(22(24)25)7-8-17(15)26-3/h4-10,16H,11H2,1-3H3,(H,20,23). The summed E-state index contributed by atoms with van der Waals surface area (Å²) in [6, 6.07) is 9.68. The van der Waals surface area contributed by atoms with Crippen molar-refractivity contribution < 1.29 is 18.8 Å². The van der Waals surface area contributed by atoms with Gasteiger partial charge in [-0.2, -0.15) is 0 Å². The molecule has 2 rings (SSSR count). The second-order valence-corrected chi connectivity index (χ2v) is 5.89. The van der Waals surface area contributed by atoms with Crippen LogP contribution in [0.5, 0.6) is 5.75 Å². The van der Waals surface area contributed by atoms with Crippen molar-refractivity contribution in [3.8, 4) is 5.75 Å². The van der Waals surface area contributed by atoms with Crippen molar-refractivity contribution in [2.75, 3.05) is 27.7 Å². The maximum absolute atomic E-state index is 13.5. The van der Waals surface area contributed by atoms with E-state index in [1.54, 1.807) is 12.1 Å². The molecule has 0 aliphatic rings. The van der Waals surface area contributed by atoms with Gasteiger partial charge in [-0.05, 0) is 37.9 Å². The molecule has 26 heavy (non-hydrogen) atoms. The van der Waals surface area contributed by atoms with Crippen LogP contribution in [0.4, 0.5) is 10.1 Å². The molecule has 0 saturated heterocycles. The normalized spacial score (nSPS) is 11.9. The van der Waals surface area contributed by atoms with Crippen molar-refractivity contribution in [2.45, 2.75) is 6.04 Å². The van der Waals surface area contributed by atoms with Crippen LogP contribution in [0.3, 0.4) is 0 Å². The third-order valence-electron chi connectivity index (χ3n) is 3.95. The van der Waals surface area contributed by atoms with Gasteiger partial charge in [0.25, 0.3) is 11.6 Å². The van der Waals surface area contributed by atoms with E-state index in [1.807, 2.05) is 19.0 Å². The van der Waals surface area contributed by atoms with Gasteiger partial charge in [0.15, 0.2) is 0 Å². The maximum atomic E-state index is 13.5. The average molecular weight is 361 g/mol. The molecule has 1 N–H and O–H groups in total. The Bertz CT molecular complexity index is 811. The lowest BCUT2D eigenvalue weighted by molar-refractivity contribution is -0.384. The van der Waals surface area contributed by atoms with Crippen LogP contribution in [0.1, 0.15) is 22.0 Å². The Balaban J connectivity index is 2.20. The van der Waals surface area contributed by atoms with Crippen molar-refractivity contribution in [1.82, 2.24) is 10.2 Å². The molecule has 0 aromatic heterocycles. The van der Waals surface area contributed by atoms with Crippen LogP contribution in [-0.4, -0.2) is 43.5 Å². The van der Waals surface area contributed by atoms with Crippen molar-refractivity contribution in [2.24, 2.45) is 0 Å². The largest absolute Gasteiger partial charge is 0.496 e. The summed E-state index contributed by atoms with van der Waals surface area (Å²) in [7, 11) is 5.01. The number of nitro groups is 1. The van der Waals surface area contributed by atoms with Gasteiger partial charge >= 0.3 is 0 Å². The molecule has 1 amide bonds. The predicted molar refractivity (Wildman–Crippen MR) is 94.8 cm³/mol. The molecule has 1 unspecified atom stereocenters. The number of nitro benzene ring substituents is 1. The summed E-state index contributed by atoms with van der Waals surface area (Å²) in [5, 5.41) is 13.7. The molecule has 2 aromatic rings. The number of hydrogen-bond donors (Lipinski definition) is 1. The SMILES string of the molecule is COc1ccc([N+](=O)[O-])cc1C(=O)NCC(c1cccc(F)c1)N(C)C. The topological polar surface area (TPSA) is 84.7 Å². The van der Waals surface area contributed by atoms with Crippen molar-refractivity contribution in [1.29, 1.82) is 0 Å². The summed E-state index contributed by atoms with van der Waals surface area (Å²) in [6.45, 7) is 0.196. The fraction of sp³-hybridized carbons (Fsp3) is 0.278. The summed E-state index contributed by atoms with van der Waals surface area (Å²) >= 11 is 0. The molecule has 0 saturated carbocycles. The minimum atomic E-state index is -0.578. The lowest BCUT2D eigenvalue weighted by atomic mass is 10.1. The second-order valence-electron chi connectivity index (χ2n) is 5.89. The first kappa shape index (κ1) is 19.3. The van der Waals surface area contributed by atoms with Gasteiger partial charge in [0, 0.05) is 18.7 Å². The molecule has 0 fully saturated rings. The van der Waals surface area contributed by atoms with Gasteiger partial charge in [-0.3, -0.25) is 14.9 Å². The van der Waals surface area contributed by atoms with Crippen LogP contribution in [0.15, 0.2) is 42.5 Å². The van der Waals surface area contributed by atoms with Crippen LogP contribution in [0.2, 0.25) is 0 Å². The Morgan fingerprint density at radius 3 is 2.62 bits per heavy atom. The van der Waals surface area contributed by atoms with Crippen LogP contribution >= 0.6 is 0 Å². The number of methoxy groups -OCH3 is 1. The molecule has 1 atom stereocenters. The Morgan fingerprint density at radius 1 is 1.31 bits per heavy atom. The van der Waals surface area contributed by atoms with Gasteiger partial charge in [-0.25, -0.2) is 4.39 Å². The Kier molecular flexibility index (Phi) is 6.24. The van der Waals surface area contributed by atoms with Crippen LogP contribution in [0.25, 0.3) is 0 Å². The van der Waals surface area contributed by atoms with Gasteiger partial charge in [-0.1, -0.05) is 12.1 Å². The lowest BCUT2D eigenvalue weighted by Crippen LogP contribution is -2.34. The van der Waals surface area contributed by atoms with E-state index >= 15 is 0 Å². The molecule has 138 valence electrons. The zero-order valence-electron chi connectivity index (χ0n) is 14.7. The molecule has 0 spiro atoms. The lowest BCUT2D eigenvalue weighted by Gasteiger charge is -2.25. The van der Waals surface area contributed by atoms with Gasteiger partial charge in [0.05, 0.1) is 23.6 Å². The molecule has 0 aliphatic carbocycles. The predicted octanol–water partition coefficient (Wildman–Crippen LogP) is 2.78. The third-order valence-corrected chi connectivity index (χ3v) is 3.95. The number of hydrogen-bond acceptors (Lipinski definition) is 5. The minimum Gasteiger partial charge on any atom is -0.496 e. The summed E-state index contributed by atoms with van der Waals surface area (Å²) in [5.41, 5.74) is 0.574. The van der Waals surface area contributed by atoms with Gasteiger partial charge in [-0.15, -0.1) is 0 Å². The smallest absolute Gasteiger partial charge is 0.270 e. The molecule has 0 heterocycles. The highest BCUT2D eigenvalue weighted by atomic mass is 19.1. The average Bonchev–Trinajstić information content (AvgIpc) is 2.60. The molecule has 8 heteroatoms. The van der Waals surface area contributed by atoms with E-state index in [-0.39, 0.29) is 35.4 Å². The summed E-state index contributed by atoms with van der Waals surface area (Å²) in [6.07, 6.45) is 0. The van der Waals surface area contributed by atoms with Crippen molar-refractivity contribution >= 4 is 11.6 Å². The number of non-ortho nitro benzene ring substituents is 1. The van der Waals surface area contributed by atoms with E-state index < -0.39 is 10.8 Å². The van der Waals surface area contributed by atoms with E-state index in [2.05, 4.69) is 5.32 Å². The minimum absolute atomic E-state index is 0.0680. The number of halogens is 1. The zero-order valence-corrected chi connectivity index (χ0v) is 14.7. The molecule has 2 aromatic carbocycles. The summed E-state index contributed by atoms with van der Waals surface area (Å²) in [5.74, 6) is -0.630. The number of nitrogens with zero attached hydrogens (tertiary/aromatic N) is 2.